The van der Waals surface area contributed by atoms with Crippen molar-refractivity contribution in [3.8, 4) is 0 Å². The third-order valence-corrected chi connectivity index (χ3v) is 6.34. The van der Waals surface area contributed by atoms with Crippen molar-refractivity contribution in [1.29, 1.82) is 0 Å². The van der Waals surface area contributed by atoms with E-state index < -0.39 is 78.4 Å². The van der Waals surface area contributed by atoms with Gasteiger partial charge < -0.3 is 42.5 Å². The molecule has 0 aromatic carbocycles. The van der Waals surface area contributed by atoms with Crippen LogP contribution in [-0.2, 0) is 28.8 Å². The Morgan fingerprint density at radius 1 is 0.725 bits per heavy atom. The maximum atomic E-state index is 13.2. The maximum absolute atomic E-state index is 13.2. The van der Waals surface area contributed by atoms with Gasteiger partial charge in [-0.25, -0.2) is 4.79 Å². The van der Waals surface area contributed by atoms with Crippen LogP contribution in [0.25, 0.3) is 0 Å². The number of hydrogen-bond acceptors (Lipinski definition) is 8. The summed E-state index contributed by atoms with van der Waals surface area (Å²) < 4.78 is 0. The van der Waals surface area contributed by atoms with Crippen LogP contribution in [-0.4, -0.2) is 88.6 Å². The standard InChI is InChI=1S/C26H48N6O8/c1-9-14(6)20(32-23(36)17(27)10-12(2)3)25(38)31-19(13(4)5)24(37)29-15(7)22(35)28-11-18(34)30-21(16(8)33)26(39)40/h12-17,19-21,33H,9-11,27H2,1-8H3,(H,28,35)(H,29,37)(H,30,34)(H,31,38)(H,32,36)(H,39,40)/t14-,15-,16+,17-,19-,20-,21-/m0/s1. The monoisotopic (exact) mass is 572 g/mol. The molecule has 0 radical (unpaired) electrons. The second kappa shape index (κ2) is 17.4. The fraction of sp³-hybridized carbons (Fsp3) is 0.769. The second-order valence-electron chi connectivity index (χ2n) is 10.9. The van der Waals surface area contributed by atoms with E-state index in [4.69, 9.17) is 10.8 Å². The number of aliphatic hydroxyl groups is 1. The van der Waals surface area contributed by atoms with Gasteiger partial charge >= 0.3 is 5.97 Å². The highest BCUT2D eigenvalue weighted by Crippen LogP contribution is 2.12. The van der Waals surface area contributed by atoms with Crippen LogP contribution in [0.1, 0.15) is 68.2 Å². The van der Waals surface area contributed by atoms with E-state index in [0.717, 1.165) is 0 Å². The molecule has 0 rings (SSSR count). The number of carbonyl (C=O) groups excluding carboxylic acids is 5. The summed E-state index contributed by atoms with van der Waals surface area (Å²) in [6.45, 7) is 12.9. The van der Waals surface area contributed by atoms with Gasteiger partial charge in [0.1, 0.15) is 18.1 Å². The minimum Gasteiger partial charge on any atom is -0.480 e. The summed E-state index contributed by atoms with van der Waals surface area (Å²) in [6, 6.07) is -5.41. The number of carbonyl (C=O) groups is 6. The van der Waals surface area contributed by atoms with E-state index in [0.29, 0.717) is 12.8 Å². The smallest absolute Gasteiger partial charge is 0.328 e. The summed E-state index contributed by atoms with van der Waals surface area (Å²) in [5, 5.41) is 30.7. The van der Waals surface area contributed by atoms with E-state index in [1.54, 1.807) is 20.8 Å². The first-order valence-corrected chi connectivity index (χ1v) is 13.6. The molecule has 40 heavy (non-hydrogen) atoms. The summed E-state index contributed by atoms with van der Waals surface area (Å²) in [6.07, 6.45) is -0.338. The summed E-state index contributed by atoms with van der Waals surface area (Å²) in [4.78, 5) is 74.3. The number of hydrogen-bond donors (Lipinski definition) is 8. The van der Waals surface area contributed by atoms with Crippen molar-refractivity contribution < 1.29 is 39.0 Å². The van der Waals surface area contributed by atoms with Gasteiger partial charge in [-0.05, 0) is 38.0 Å². The van der Waals surface area contributed by atoms with Crippen molar-refractivity contribution >= 4 is 35.5 Å². The van der Waals surface area contributed by atoms with Crippen LogP contribution in [0.5, 0.6) is 0 Å². The van der Waals surface area contributed by atoms with Gasteiger partial charge in [-0.3, -0.25) is 24.0 Å². The highest BCUT2D eigenvalue weighted by atomic mass is 16.4. The Labute approximate surface area is 236 Å². The van der Waals surface area contributed by atoms with Crippen molar-refractivity contribution in [3.63, 3.8) is 0 Å². The number of nitrogens with one attached hydrogen (secondary N) is 5. The van der Waals surface area contributed by atoms with Crippen LogP contribution < -0.4 is 32.3 Å². The molecule has 5 amide bonds. The van der Waals surface area contributed by atoms with Crippen LogP contribution in [0, 0.1) is 17.8 Å². The van der Waals surface area contributed by atoms with Crippen molar-refractivity contribution in [3.05, 3.63) is 0 Å². The minimum atomic E-state index is -1.55. The average Bonchev–Trinajstić information content (AvgIpc) is 2.85. The van der Waals surface area contributed by atoms with Crippen LogP contribution in [0.4, 0.5) is 0 Å². The molecule has 0 aliphatic heterocycles. The predicted octanol–water partition coefficient (Wildman–Crippen LogP) is -1.40. The van der Waals surface area contributed by atoms with Crippen molar-refractivity contribution in [1.82, 2.24) is 26.6 Å². The molecule has 0 aliphatic carbocycles. The summed E-state index contributed by atoms with van der Waals surface area (Å²) >= 11 is 0. The Balaban J connectivity index is 5.27. The van der Waals surface area contributed by atoms with Gasteiger partial charge in [0.25, 0.3) is 0 Å². The summed E-state index contributed by atoms with van der Waals surface area (Å²) in [7, 11) is 0. The molecule has 0 saturated heterocycles. The highest BCUT2D eigenvalue weighted by Gasteiger charge is 2.33. The Bertz CT molecular complexity index is 894. The van der Waals surface area contributed by atoms with E-state index in [1.165, 1.54) is 13.8 Å². The normalized spacial score (nSPS) is 16.5. The number of aliphatic carboxylic acids is 1. The lowest BCUT2D eigenvalue weighted by molar-refractivity contribution is -0.144. The number of carboxylic acids is 1. The van der Waals surface area contributed by atoms with Gasteiger partial charge in [-0.15, -0.1) is 0 Å². The van der Waals surface area contributed by atoms with E-state index in [2.05, 4.69) is 26.6 Å². The third-order valence-electron chi connectivity index (χ3n) is 6.34. The van der Waals surface area contributed by atoms with E-state index in [9.17, 15) is 33.9 Å². The molecule has 0 saturated carbocycles. The van der Waals surface area contributed by atoms with Crippen molar-refractivity contribution in [2.24, 2.45) is 23.5 Å². The van der Waals surface area contributed by atoms with E-state index >= 15 is 0 Å². The van der Waals surface area contributed by atoms with Gasteiger partial charge in [0, 0.05) is 0 Å². The highest BCUT2D eigenvalue weighted by molar-refractivity contribution is 5.95. The lowest BCUT2D eigenvalue weighted by Gasteiger charge is -2.29. The first-order chi connectivity index (χ1) is 18.4. The van der Waals surface area contributed by atoms with E-state index in [-0.39, 0.29) is 17.8 Å². The van der Waals surface area contributed by atoms with Gasteiger partial charge in [0.05, 0.1) is 18.7 Å². The Morgan fingerprint density at radius 3 is 1.70 bits per heavy atom. The molecule has 230 valence electrons. The zero-order chi connectivity index (χ0) is 31.3. The molecule has 0 fully saturated rings. The fourth-order valence-electron chi connectivity index (χ4n) is 3.66. The number of rotatable bonds is 17. The van der Waals surface area contributed by atoms with Crippen molar-refractivity contribution in [2.75, 3.05) is 6.54 Å². The number of aliphatic hydroxyl groups excluding tert-OH is 1. The van der Waals surface area contributed by atoms with Crippen LogP contribution >= 0.6 is 0 Å². The van der Waals surface area contributed by atoms with Gasteiger partial charge in [-0.1, -0.05) is 48.0 Å². The molecule has 0 aromatic rings. The Hall–Kier alpha value is -3.26. The molecule has 14 nitrogen and oxygen atoms in total. The van der Waals surface area contributed by atoms with Crippen LogP contribution in [0.3, 0.4) is 0 Å². The average molecular weight is 573 g/mol. The van der Waals surface area contributed by atoms with Crippen molar-refractivity contribution in [2.45, 2.75) is 105 Å². The zero-order valence-corrected chi connectivity index (χ0v) is 24.7. The third kappa shape index (κ3) is 12.7. The summed E-state index contributed by atoms with van der Waals surface area (Å²) in [5.41, 5.74) is 5.97. The lowest BCUT2D eigenvalue weighted by Crippen LogP contribution is -2.60. The molecule has 0 unspecified atom stereocenters. The largest absolute Gasteiger partial charge is 0.480 e. The quantitative estimate of drug-likeness (QED) is 0.102. The Kier molecular flexibility index (Phi) is 16.0. The van der Waals surface area contributed by atoms with Crippen LogP contribution in [0.2, 0.25) is 0 Å². The predicted molar refractivity (Wildman–Crippen MR) is 147 cm³/mol. The molecule has 0 aliphatic rings. The summed E-state index contributed by atoms with van der Waals surface area (Å²) in [5.74, 6) is -5.14. The lowest BCUT2D eigenvalue weighted by atomic mass is 9.95. The molecule has 0 heterocycles. The second-order valence-corrected chi connectivity index (χ2v) is 10.9. The number of carboxylic acid groups (broad SMARTS) is 1. The maximum Gasteiger partial charge on any atom is 0.328 e. The number of nitrogens with two attached hydrogens (primary N) is 1. The molecule has 14 heteroatoms. The van der Waals surface area contributed by atoms with E-state index in [1.807, 2.05) is 20.8 Å². The molecule has 0 spiro atoms. The van der Waals surface area contributed by atoms with Gasteiger partial charge in [0.2, 0.25) is 29.5 Å². The van der Waals surface area contributed by atoms with Gasteiger partial charge in [0.15, 0.2) is 6.04 Å². The molecule has 9 N–H and O–H groups in total. The topological polar surface area (TPSA) is 229 Å². The molecule has 0 bridgehead atoms. The first-order valence-electron chi connectivity index (χ1n) is 13.6. The van der Waals surface area contributed by atoms with Crippen LogP contribution in [0.15, 0.2) is 0 Å². The zero-order valence-electron chi connectivity index (χ0n) is 24.7. The van der Waals surface area contributed by atoms with Gasteiger partial charge in [-0.2, -0.15) is 0 Å². The fourth-order valence-corrected chi connectivity index (χ4v) is 3.66. The minimum absolute atomic E-state index is 0.185. The Morgan fingerprint density at radius 2 is 1.25 bits per heavy atom. The molecule has 0 aromatic heterocycles. The first kappa shape index (κ1) is 36.7. The molecular weight excluding hydrogens is 524 g/mol. The number of amides is 5. The molecule has 7 atom stereocenters. The molecular formula is C26H48N6O8. The SMILES string of the molecule is CC[C@H](C)[C@H](NC(=O)[C@@H](N)CC(C)C)C(=O)N[C@H](C(=O)N[C@@H](C)C(=O)NCC(=O)N[C@H](C(=O)O)[C@@H](C)O)C(C)C.